The number of amides is 2. The number of hydrogen-bond donors (Lipinski definition) is 3. The second-order valence-corrected chi connectivity index (χ2v) is 4.74. The number of carboxylic acid groups (broad SMARTS) is 1. The zero-order chi connectivity index (χ0) is 13.4. The standard InChI is InChI=1S/C12H22N2O3/c1-8(2)5-6-13-12(17)14-10(11(15)16)7-9(3)4/h5-6,8-10H,7H2,1-4H3,(H,15,16)(H2,13,14,17)/b6-5+. The SMILES string of the molecule is CC(C)/C=C/NC(=O)NC(CC(C)C)C(=O)O. The summed E-state index contributed by atoms with van der Waals surface area (Å²) in [6.45, 7) is 7.78. The Morgan fingerprint density at radius 1 is 1.24 bits per heavy atom. The fourth-order valence-corrected chi connectivity index (χ4v) is 1.21. The molecule has 0 aromatic carbocycles. The lowest BCUT2D eigenvalue weighted by Gasteiger charge is -2.16. The molecule has 0 saturated heterocycles. The number of nitrogens with one attached hydrogen (secondary N) is 2. The van der Waals surface area contributed by atoms with Crippen molar-refractivity contribution >= 4 is 12.0 Å². The summed E-state index contributed by atoms with van der Waals surface area (Å²) in [5.74, 6) is -0.467. The fourth-order valence-electron chi connectivity index (χ4n) is 1.21. The molecule has 0 heterocycles. The van der Waals surface area contributed by atoms with Crippen molar-refractivity contribution in [1.82, 2.24) is 10.6 Å². The lowest BCUT2D eigenvalue weighted by atomic mass is 10.0. The Bertz CT molecular complexity index is 285. The van der Waals surface area contributed by atoms with Gasteiger partial charge >= 0.3 is 12.0 Å². The Hall–Kier alpha value is -1.52. The average molecular weight is 242 g/mol. The van der Waals surface area contributed by atoms with E-state index in [0.29, 0.717) is 12.3 Å². The van der Waals surface area contributed by atoms with Gasteiger partial charge in [-0.1, -0.05) is 33.8 Å². The van der Waals surface area contributed by atoms with Crippen LogP contribution in [0.4, 0.5) is 4.79 Å². The summed E-state index contributed by atoms with van der Waals surface area (Å²) in [7, 11) is 0. The van der Waals surface area contributed by atoms with Gasteiger partial charge in [-0.3, -0.25) is 0 Å². The van der Waals surface area contributed by atoms with Crippen molar-refractivity contribution in [3.8, 4) is 0 Å². The van der Waals surface area contributed by atoms with Gasteiger partial charge in [0.05, 0.1) is 0 Å². The van der Waals surface area contributed by atoms with Crippen LogP contribution in [-0.2, 0) is 4.79 Å². The van der Waals surface area contributed by atoms with Crippen molar-refractivity contribution in [3.63, 3.8) is 0 Å². The van der Waals surface area contributed by atoms with Crippen LogP contribution in [0.2, 0.25) is 0 Å². The minimum Gasteiger partial charge on any atom is -0.480 e. The van der Waals surface area contributed by atoms with Gasteiger partial charge in [-0.15, -0.1) is 0 Å². The number of carbonyl (C=O) groups is 2. The van der Waals surface area contributed by atoms with Gasteiger partial charge in [0.25, 0.3) is 0 Å². The molecule has 0 radical (unpaired) electrons. The maximum atomic E-state index is 11.4. The van der Waals surface area contributed by atoms with Gasteiger partial charge in [-0.2, -0.15) is 0 Å². The zero-order valence-electron chi connectivity index (χ0n) is 10.9. The Balaban J connectivity index is 4.17. The molecule has 0 rings (SSSR count). The predicted molar refractivity (Wildman–Crippen MR) is 66.5 cm³/mol. The second kappa shape index (κ2) is 7.70. The summed E-state index contributed by atoms with van der Waals surface area (Å²) in [6.07, 6.45) is 3.75. The molecule has 5 nitrogen and oxygen atoms in total. The Kier molecular flexibility index (Phi) is 7.02. The molecule has 5 heteroatoms. The molecule has 0 bridgehead atoms. The minimum absolute atomic E-state index is 0.211. The molecular formula is C12H22N2O3. The van der Waals surface area contributed by atoms with E-state index >= 15 is 0 Å². The molecule has 17 heavy (non-hydrogen) atoms. The highest BCUT2D eigenvalue weighted by molar-refractivity contribution is 5.82. The molecule has 0 aliphatic rings. The molecule has 0 aliphatic carbocycles. The summed E-state index contributed by atoms with van der Waals surface area (Å²) in [6, 6.07) is -1.34. The van der Waals surface area contributed by atoms with Gasteiger partial charge in [-0.25, -0.2) is 9.59 Å². The van der Waals surface area contributed by atoms with Crippen LogP contribution in [0.15, 0.2) is 12.3 Å². The van der Waals surface area contributed by atoms with Gasteiger partial charge in [-0.05, 0) is 18.3 Å². The summed E-state index contributed by atoms with van der Waals surface area (Å²) in [5.41, 5.74) is 0. The molecule has 98 valence electrons. The highest BCUT2D eigenvalue weighted by atomic mass is 16.4. The van der Waals surface area contributed by atoms with E-state index in [1.807, 2.05) is 33.8 Å². The van der Waals surface area contributed by atoms with Crippen LogP contribution in [0.1, 0.15) is 34.1 Å². The van der Waals surface area contributed by atoms with Gasteiger partial charge < -0.3 is 15.7 Å². The molecule has 0 saturated carbocycles. The smallest absolute Gasteiger partial charge is 0.326 e. The van der Waals surface area contributed by atoms with E-state index < -0.39 is 18.0 Å². The molecule has 0 spiro atoms. The molecule has 0 fully saturated rings. The van der Waals surface area contributed by atoms with Crippen LogP contribution >= 0.6 is 0 Å². The van der Waals surface area contributed by atoms with Crippen LogP contribution in [0.3, 0.4) is 0 Å². The first kappa shape index (κ1) is 15.5. The third kappa shape index (κ3) is 8.30. The number of aliphatic carboxylic acids is 1. The lowest BCUT2D eigenvalue weighted by Crippen LogP contribution is -2.45. The third-order valence-electron chi connectivity index (χ3n) is 2.01. The number of rotatable bonds is 6. The number of urea groups is 1. The molecule has 3 N–H and O–H groups in total. The first-order valence-electron chi connectivity index (χ1n) is 5.79. The van der Waals surface area contributed by atoms with E-state index in [9.17, 15) is 9.59 Å². The van der Waals surface area contributed by atoms with Crippen LogP contribution in [0.25, 0.3) is 0 Å². The molecule has 0 aromatic rings. The van der Waals surface area contributed by atoms with Crippen molar-refractivity contribution in [2.45, 2.75) is 40.2 Å². The molecule has 1 atom stereocenters. The molecule has 0 aromatic heterocycles. The molecule has 1 unspecified atom stereocenters. The number of carboxylic acids is 1. The van der Waals surface area contributed by atoms with E-state index in [1.165, 1.54) is 6.20 Å². The Morgan fingerprint density at radius 3 is 2.24 bits per heavy atom. The maximum absolute atomic E-state index is 11.4. The third-order valence-corrected chi connectivity index (χ3v) is 2.01. The first-order chi connectivity index (χ1) is 7.82. The first-order valence-corrected chi connectivity index (χ1v) is 5.79. The van der Waals surface area contributed by atoms with Crippen LogP contribution < -0.4 is 10.6 Å². The van der Waals surface area contributed by atoms with Crippen LogP contribution in [0.5, 0.6) is 0 Å². The maximum Gasteiger partial charge on any atom is 0.326 e. The van der Waals surface area contributed by atoms with Crippen molar-refractivity contribution in [2.24, 2.45) is 11.8 Å². The van der Waals surface area contributed by atoms with Crippen molar-refractivity contribution in [1.29, 1.82) is 0 Å². The number of allylic oxidation sites excluding steroid dienone is 1. The molecule has 0 aliphatic heterocycles. The fraction of sp³-hybridized carbons (Fsp3) is 0.667. The van der Waals surface area contributed by atoms with E-state index in [-0.39, 0.29) is 5.92 Å². The monoisotopic (exact) mass is 242 g/mol. The summed E-state index contributed by atoms with van der Waals surface area (Å²) in [4.78, 5) is 22.3. The zero-order valence-corrected chi connectivity index (χ0v) is 10.9. The van der Waals surface area contributed by atoms with E-state index in [2.05, 4.69) is 10.6 Å². The van der Waals surface area contributed by atoms with Gasteiger partial charge in [0, 0.05) is 6.20 Å². The van der Waals surface area contributed by atoms with Gasteiger partial charge in [0.2, 0.25) is 0 Å². The second-order valence-electron chi connectivity index (χ2n) is 4.74. The van der Waals surface area contributed by atoms with Crippen molar-refractivity contribution < 1.29 is 14.7 Å². The van der Waals surface area contributed by atoms with E-state index in [4.69, 9.17) is 5.11 Å². The average Bonchev–Trinajstić information content (AvgIpc) is 2.15. The van der Waals surface area contributed by atoms with Crippen LogP contribution in [0, 0.1) is 11.8 Å². The Morgan fingerprint density at radius 2 is 1.82 bits per heavy atom. The normalized spacial score (nSPS) is 13.1. The van der Waals surface area contributed by atoms with Crippen LogP contribution in [-0.4, -0.2) is 23.1 Å². The quantitative estimate of drug-likeness (QED) is 0.666. The van der Waals surface area contributed by atoms with Gasteiger partial charge in [0.1, 0.15) is 6.04 Å². The predicted octanol–water partition coefficient (Wildman–Crippen LogP) is 1.95. The van der Waals surface area contributed by atoms with Gasteiger partial charge in [0.15, 0.2) is 0 Å². The summed E-state index contributed by atoms with van der Waals surface area (Å²) >= 11 is 0. The van der Waals surface area contributed by atoms with E-state index in [0.717, 1.165) is 0 Å². The lowest BCUT2D eigenvalue weighted by molar-refractivity contribution is -0.139. The topological polar surface area (TPSA) is 78.4 Å². The van der Waals surface area contributed by atoms with E-state index in [1.54, 1.807) is 0 Å². The number of carbonyl (C=O) groups excluding carboxylic acids is 1. The van der Waals surface area contributed by atoms with Crippen molar-refractivity contribution in [3.05, 3.63) is 12.3 Å². The minimum atomic E-state index is -1.01. The number of hydrogen-bond acceptors (Lipinski definition) is 2. The molecule has 2 amide bonds. The largest absolute Gasteiger partial charge is 0.480 e. The highest BCUT2D eigenvalue weighted by Crippen LogP contribution is 2.04. The summed E-state index contributed by atoms with van der Waals surface area (Å²) in [5, 5.41) is 13.8. The summed E-state index contributed by atoms with van der Waals surface area (Å²) < 4.78 is 0. The highest BCUT2D eigenvalue weighted by Gasteiger charge is 2.20. The molecular weight excluding hydrogens is 220 g/mol. The Labute approximate surface area is 102 Å². The van der Waals surface area contributed by atoms with Crippen molar-refractivity contribution in [2.75, 3.05) is 0 Å².